The SMILES string of the molecule is CC(N)CC(C)(C)Oc1ccccc1C(C)(C)C. The van der Waals surface area contributed by atoms with Gasteiger partial charge in [-0.3, -0.25) is 0 Å². The number of nitrogens with two attached hydrogens (primary N) is 1. The van der Waals surface area contributed by atoms with Gasteiger partial charge in [0, 0.05) is 12.5 Å². The minimum absolute atomic E-state index is 0.0843. The Morgan fingerprint density at radius 2 is 1.67 bits per heavy atom. The van der Waals surface area contributed by atoms with Gasteiger partial charge in [-0.2, -0.15) is 0 Å². The first-order valence-corrected chi connectivity index (χ1v) is 6.66. The van der Waals surface area contributed by atoms with E-state index in [0.717, 1.165) is 12.2 Å². The quantitative estimate of drug-likeness (QED) is 0.879. The molecule has 18 heavy (non-hydrogen) atoms. The van der Waals surface area contributed by atoms with Crippen molar-refractivity contribution in [3.63, 3.8) is 0 Å². The van der Waals surface area contributed by atoms with Crippen molar-refractivity contribution >= 4 is 0 Å². The average Bonchev–Trinajstić information content (AvgIpc) is 2.13. The van der Waals surface area contributed by atoms with Gasteiger partial charge in [0.2, 0.25) is 0 Å². The van der Waals surface area contributed by atoms with Crippen molar-refractivity contribution in [2.75, 3.05) is 0 Å². The molecule has 2 nitrogen and oxygen atoms in total. The lowest BCUT2D eigenvalue weighted by molar-refractivity contribution is 0.0909. The van der Waals surface area contributed by atoms with Crippen molar-refractivity contribution in [2.24, 2.45) is 5.73 Å². The maximum atomic E-state index is 6.19. The Hall–Kier alpha value is -1.02. The highest BCUT2D eigenvalue weighted by Gasteiger charge is 2.25. The topological polar surface area (TPSA) is 35.2 Å². The molecule has 0 amide bonds. The summed E-state index contributed by atoms with van der Waals surface area (Å²) in [4.78, 5) is 0. The minimum Gasteiger partial charge on any atom is -0.488 e. The molecule has 0 aliphatic rings. The Morgan fingerprint density at radius 3 is 2.17 bits per heavy atom. The third-order valence-corrected chi connectivity index (χ3v) is 2.89. The Kier molecular flexibility index (Phi) is 4.44. The maximum Gasteiger partial charge on any atom is 0.123 e. The fourth-order valence-corrected chi connectivity index (χ4v) is 2.29. The van der Waals surface area contributed by atoms with E-state index in [0.29, 0.717) is 0 Å². The fraction of sp³-hybridized carbons (Fsp3) is 0.625. The molecule has 0 radical (unpaired) electrons. The lowest BCUT2D eigenvalue weighted by Gasteiger charge is -2.31. The first-order valence-electron chi connectivity index (χ1n) is 6.66. The van der Waals surface area contributed by atoms with Gasteiger partial charge in [0.05, 0.1) is 0 Å². The van der Waals surface area contributed by atoms with Crippen molar-refractivity contribution in [3.8, 4) is 5.75 Å². The van der Waals surface area contributed by atoms with Crippen molar-refractivity contribution in [1.29, 1.82) is 0 Å². The second kappa shape index (κ2) is 5.31. The van der Waals surface area contributed by atoms with E-state index in [4.69, 9.17) is 10.5 Å². The summed E-state index contributed by atoms with van der Waals surface area (Å²) in [5.41, 5.74) is 6.96. The molecule has 1 unspecified atom stereocenters. The summed E-state index contributed by atoms with van der Waals surface area (Å²) in [6.45, 7) is 12.8. The number of benzene rings is 1. The highest BCUT2D eigenvalue weighted by molar-refractivity contribution is 5.38. The van der Waals surface area contributed by atoms with E-state index in [1.807, 2.05) is 19.1 Å². The molecule has 102 valence electrons. The van der Waals surface area contributed by atoms with E-state index in [1.165, 1.54) is 5.56 Å². The van der Waals surface area contributed by atoms with Gasteiger partial charge >= 0.3 is 0 Å². The van der Waals surface area contributed by atoms with Gasteiger partial charge in [-0.15, -0.1) is 0 Å². The summed E-state index contributed by atoms with van der Waals surface area (Å²) in [5, 5.41) is 0. The molecule has 1 atom stereocenters. The predicted molar refractivity (Wildman–Crippen MR) is 78.1 cm³/mol. The molecular weight excluding hydrogens is 222 g/mol. The van der Waals surface area contributed by atoms with Crippen LogP contribution in [0.2, 0.25) is 0 Å². The lowest BCUT2D eigenvalue weighted by Crippen LogP contribution is -2.36. The van der Waals surface area contributed by atoms with E-state index in [9.17, 15) is 0 Å². The monoisotopic (exact) mass is 249 g/mol. The number of rotatable bonds is 4. The van der Waals surface area contributed by atoms with Crippen LogP contribution in [-0.4, -0.2) is 11.6 Å². The molecule has 0 saturated carbocycles. The van der Waals surface area contributed by atoms with Crippen LogP contribution in [0.3, 0.4) is 0 Å². The molecule has 0 bridgehead atoms. The van der Waals surface area contributed by atoms with Gasteiger partial charge in [-0.05, 0) is 37.8 Å². The molecule has 0 fully saturated rings. The molecule has 1 rings (SSSR count). The van der Waals surface area contributed by atoms with E-state index in [-0.39, 0.29) is 17.1 Å². The summed E-state index contributed by atoms with van der Waals surface area (Å²) in [6.07, 6.45) is 0.839. The lowest BCUT2D eigenvalue weighted by atomic mass is 9.86. The Labute approximate surface area is 112 Å². The van der Waals surface area contributed by atoms with Crippen LogP contribution >= 0.6 is 0 Å². The third-order valence-electron chi connectivity index (χ3n) is 2.89. The molecule has 0 aliphatic heterocycles. The first-order chi connectivity index (χ1) is 8.12. The zero-order chi connectivity index (χ0) is 14.0. The smallest absolute Gasteiger partial charge is 0.123 e. The second-order valence-corrected chi connectivity index (χ2v) is 6.79. The molecule has 0 heterocycles. The van der Waals surface area contributed by atoms with Crippen LogP contribution in [0.25, 0.3) is 0 Å². The molecule has 2 N–H and O–H groups in total. The normalized spacial score (nSPS) is 14.4. The Bertz CT molecular complexity index is 388. The van der Waals surface area contributed by atoms with Gasteiger partial charge < -0.3 is 10.5 Å². The van der Waals surface area contributed by atoms with Crippen molar-refractivity contribution in [1.82, 2.24) is 0 Å². The van der Waals surface area contributed by atoms with Crippen LogP contribution in [-0.2, 0) is 5.41 Å². The molecular formula is C16H27NO. The Balaban J connectivity index is 2.98. The number of hydrogen-bond acceptors (Lipinski definition) is 2. The van der Waals surface area contributed by atoms with E-state index in [1.54, 1.807) is 0 Å². The van der Waals surface area contributed by atoms with Crippen LogP contribution in [0, 0.1) is 0 Å². The van der Waals surface area contributed by atoms with Crippen LogP contribution in [0.5, 0.6) is 5.75 Å². The molecule has 0 aromatic heterocycles. The maximum absolute atomic E-state index is 6.19. The zero-order valence-corrected chi connectivity index (χ0v) is 12.6. The van der Waals surface area contributed by atoms with Crippen LogP contribution in [0.15, 0.2) is 24.3 Å². The molecule has 1 aromatic carbocycles. The molecule has 0 saturated heterocycles. The van der Waals surface area contributed by atoms with Gasteiger partial charge in [-0.25, -0.2) is 0 Å². The summed E-state index contributed by atoms with van der Waals surface area (Å²) in [6, 6.07) is 8.40. The number of para-hydroxylation sites is 1. The standard InChI is InChI=1S/C16H27NO/c1-12(17)11-16(5,6)18-14-10-8-7-9-13(14)15(2,3)4/h7-10,12H,11,17H2,1-6H3. The van der Waals surface area contributed by atoms with Crippen molar-refractivity contribution in [2.45, 2.75) is 65.0 Å². The van der Waals surface area contributed by atoms with Crippen LogP contribution in [0.1, 0.15) is 53.5 Å². The Morgan fingerprint density at radius 1 is 1.11 bits per heavy atom. The molecule has 0 spiro atoms. The molecule has 2 heteroatoms. The summed E-state index contributed by atoms with van der Waals surface area (Å²) < 4.78 is 6.19. The van der Waals surface area contributed by atoms with E-state index in [2.05, 4.69) is 46.8 Å². The van der Waals surface area contributed by atoms with E-state index < -0.39 is 0 Å². The fourth-order valence-electron chi connectivity index (χ4n) is 2.29. The van der Waals surface area contributed by atoms with Gasteiger partial charge in [0.1, 0.15) is 11.4 Å². The van der Waals surface area contributed by atoms with Gasteiger partial charge in [0.25, 0.3) is 0 Å². The number of ether oxygens (including phenoxy) is 1. The van der Waals surface area contributed by atoms with Gasteiger partial charge in [0.15, 0.2) is 0 Å². The van der Waals surface area contributed by atoms with Crippen molar-refractivity contribution in [3.05, 3.63) is 29.8 Å². The average molecular weight is 249 g/mol. The second-order valence-electron chi connectivity index (χ2n) is 6.79. The van der Waals surface area contributed by atoms with Crippen LogP contribution in [0.4, 0.5) is 0 Å². The number of hydrogen-bond donors (Lipinski definition) is 1. The minimum atomic E-state index is -0.241. The summed E-state index contributed by atoms with van der Waals surface area (Å²) in [5.74, 6) is 0.968. The van der Waals surface area contributed by atoms with Crippen molar-refractivity contribution < 1.29 is 4.74 Å². The zero-order valence-electron chi connectivity index (χ0n) is 12.6. The summed E-state index contributed by atoms with van der Waals surface area (Å²) in [7, 11) is 0. The highest BCUT2D eigenvalue weighted by Crippen LogP contribution is 2.33. The highest BCUT2D eigenvalue weighted by atomic mass is 16.5. The molecule has 1 aromatic rings. The largest absolute Gasteiger partial charge is 0.488 e. The van der Waals surface area contributed by atoms with Gasteiger partial charge in [-0.1, -0.05) is 39.0 Å². The van der Waals surface area contributed by atoms with Crippen LogP contribution < -0.4 is 10.5 Å². The van der Waals surface area contributed by atoms with E-state index >= 15 is 0 Å². The predicted octanol–water partition coefficient (Wildman–Crippen LogP) is 3.88. The third kappa shape index (κ3) is 4.34. The molecule has 0 aliphatic carbocycles. The first kappa shape index (κ1) is 15.0. The summed E-state index contributed by atoms with van der Waals surface area (Å²) >= 11 is 0.